The van der Waals surface area contributed by atoms with Crippen LogP contribution >= 0.6 is 15.9 Å². The maximum Gasteiger partial charge on any atom is 0.265 e. The molecular formula is C18H18BrFN2O4S. The molecule has 144 valence electrons. The number of anilines is 2. The number of hydrogen-bond donors (Lipinski definition) is 2. The maximum absolute atomic E-state index is 13.1. The molecule has 0 bridgehead atoms. The number of rotatable bonds is 5. The van der Waals surface area contributed by atoms with Crippen LogP contribution in [0.25, 0.3) is 0 Å². The van der Waals surface area contributed by atoms with Crippen molar-refractivity contribution < 1.29 is 22.3 Å². The minimum Gasteiger partial charge on any atom is -0.477 e. The monoisotopic (exact) mass is 456 g/mol. The summed E-state index contributed by atoms with van der Waals surface area (Å²) in [5, 5.41) is 2.70. The number of halogens is 2. The number of carbonyl (C=O) groups excluding carboxylic acids is 1. The zero-order chi connectivity index (χ0) is 19.8. The van der Waals surface area contributed by atoms with Crippen molar-refractivity contribution in [3.8, 4) is 5.75 Å². The smallest absolute Gasteiger partial charge is 0.265 e. The van der Waals surface area contributed by atoms with E-state index in [1.165, 1.54) is 18.2 Å². The molecule has 0 radical (unpaired) electrons. The molecule has 2 N–H and O–H groups in total. The van der Waals surface area contributed by atoms with Crippen LogP contribution in [0, 0.1) is 11.7 Å². The van der Waals surface area contributed by atoms with Gasteiger partial charge in [-0.3, -0.25) is 9.52 Å². The Morgan fingerprint density at radius 3 is 2.56 bits per heavy atom. The van der Waals surface area contributed by atoms with E-state index in [-0.39, 0.29) is 33.8 Å². The second-order valence-corrected chi connectivity index (χ2v) is 9.18. The minimum absolute atomic E-state index is 0.0815. The van der Waals surface area contributed by atoms with Crippen molar-refractivity contribution >= 4 is 43.2 Å². The maximum atomic E-state index is 13.1. The molecule has 1 atom stereocenters. The summed E-state index contributed by atoms with van der Waals surface area (Å²) in [4.78, 5) is 12.1. The summed E-state index contributed by atoms with van der Waals surface area (Å²) in [5.41, 5.74) is 0.484. The SMILES string of the molecule is CC(C)CC1Oc2c(cc(Br)cc2S(=O)(=O)Nc2ccc(F)cc2)NC1=O. The summed E-state index contributed by atoms with van der Waals surface area (Å²) in [5.74, 6) is -0.516. The van der Waals surface area contributed by atoms with Crippen LogP contribution in [0.3, 0.4) is 0 Å². The normalized spacial score (nSPS) is 16.5. The standard InChI is InChI=1S/C18H18BrFN2O4S/c1-10(2)7-15-18(23)21-14-8-11(19)9-16(17(14)26-15)27(24,25)22-13-5-3-12(20)4-6-13/h3-6,8-10,15,22H,7H2,1-2H3,(H,21,23). The van der Waals surface area contributed by atoms with Gasteiger partial charge in [0.15, 0.2) is 11.9 Å². The van der Waals surface area contributed by atoms with E-state index in [9.17, 15) is 17.6 Å². The van der Waals surface area contributed by atoms with E-state index in [1.54, 1.807) is 6.07 Å². The van der Waals surface area contributed by atoms with Gasteiger partial charge < -0.3 is 10.1 Å². The van der Waals surface area contributed by atoms with Crippen LogP contribution in [-0.2, 0) is 14.8 Å². The summed E-state index contributed by atoms with van der Waals surface area (Å²) >= 11 is 3.26. The Hall–Kier alpha value is -2.13. The predicted molar refractivity (Wildman–Crippen MR) is 104 cm³/mol. The average molecular weight is 457 g/mol. The van der Waals surface area contributed by atoms with Gasteiger partial charge in [-0.2, -0.15) is 0 Å². The fourth-order valence-electron chi connectivity index (χ4n) is 2.70. The molecular weight excluding hydrogens is 439 g/mol. The summed E-state index contributed by atoms with van der Waals surface area (Å²) in [6, 6.07) is 7.93. The number of amides is 1. The van der Waals surface area contributed by atoms with Crippen LogP contribution in [0.5, 0.6) is 5.75 Å². The molecule has 1 unspecified atom stereocenters. The summed E-state index contributed by atoms with van der Waals surface area (Å²) < 4.78 is 47.5. The van der Waals surface area contributed by atoms with Crippen LogP contribution < -0.4 is 14.8 Å². The van der Waals surface area contributed by atoms with Crippen LogP contribution in [0.4, 0.5) is 15.8 Å². The number of carbonyl (C=O) groups is 1. The molecule has 1 aliphatic rings. The first-order valence-electron chi connectivity index (χ1n) is 8.25. The summed E-state index contributed by atoms with van der Waals surface area (Å²) in [6.45, 7) is 3.89. The van der Waals surface area contributed by atoms with Crippen molar-refractivity contribution in [2.75, 3.05) is 10.0 Å². The molecule has 6 nitrogen and oxygen atoms in total. The van der Waals surface area contributed by atoms with Crippen molar-refractivity contribution in [1.29, 1.82) is 0 Å². The molecule has 9 heteroatoms. The quantitative estimate of drug-likeness (QED) is 0.707. The van der Waals surface area contributed by atoms with Crippen LogP contribution in [-0.4, -0.2) is 20.4 Å². The van der Waals surface area contributed by atoms with Gasteiger partial charge in [0, 0.05) is 10.2 Å². The Kier molecular flexibility index (Phi) is 5.43. The molecule has 0 aliphatic carbocycles. The fourth-order valence-corrected chi connectivity index (χ4v) is 4.55. The van der Waals surface area contributed by atoms with E-state index >= 15 is 0 Å². The first kappa shape index (κ1) is 19.6. The Labute approximate surface area is 165 Å². The average Bonchev–Trinajstić information content (AvgIpc) is 2.56. The van der Waals surface area contributed by atoms with E-state index < -0.39 is 21.9 Å². The molecule has 0 saturated heterocycles. The topological polar surface area (TPSA) is 84.5 Å². The molecule has 2 aromatic rings. The Morgan fingerprint density at radius 1 is 1.26 bits per heavy atom. The van der Waals surface area contributed by atoms with Crippen molar-refractivity contribution in [2.24, 2.45) is 5.92 Å². The number of benzene rings is 2. The molecule has 27 heavy (non-hydrogen) atoms. The van der Waals surface area contributed by atoms with Gasteiger partial charge in [-0.15, -0.1) is 0 Å². The largest absolute Gasteiger partial charge is 0.477 e. The van der Waals surface area contributed by atoms with Gasteiger partial charge in [-0.05, 0) is 48.7 Å². The highest BCUT2D eigenvalue weighted by Crippen LogP contribution is 2.40. The lowest BCUT2D eigenvalue weighted by atomic mass is 10.0. The van der Waals surface area contributed by atoms with Crippen LogP contribution in [0.2, 0.25) is 0 Å². The molecule has 1 amide bonds. The van der Waals surface area contributed by atoms with E-state index in [1.807, 2.05) is 13.8 Å². The van der Waals surface area contributed by atoms with E-state index in [2.05, 4.69) is 26.0 Å². The molecule has 1 aliphatic heterocycles. The Balaban J connectivity index is 2.00. The fraction of sp³-hybridized carbons (Fsp3) is 0.278. The number of fused-ring (bicyclic) bond motifs is 1. The van der Waals surface area contributed by atoms with Crippen molar-refractivity contribution in [2.45, 2.75) is 31.3 Å². The number of ether oxygens (including phenoxy) is 1. The Bertz CT molecular complexity index is 978. The third-order valence-corrected chi connectivity index (χ3v) is 5.75. The van der Waals surface area contributed by atoms with Crippen molar-refractivity contribution in [3.05, 3.63) is 46.7 Å². The molecule has 0 fully saturated rings. The zero-order valence-electron chi connectivity index (χ0n) is 14.6. The van der Waals surface area contributed by atoms with Gasteiger partial charge in [0.05, 0.1) is 5.69 Å². The highest BCUT2D eigenvalue weighted by molar-refractivity contribution is 9.10. The number of sulfonamides is 1. The number of nitrogens with one attached hydrogen (secondary N) is 2. The molecule has 3 rings (SSSR count). The third-order valence-electron chi connectivity index (χ3n) is 3.90. The van der Waals surface area contributed by atoms with Crippen LogP contribution in [0.1, 0.15) is 20.3 Å². The highest BCUT2D eigenvalue weighted by atomic mass is 79.9. The van der Waals surface area contributed by atoms with E-state index in [0.717, 1.165) is 12.1 Å². The van der Waals surface area contributed by atoms with Crippen molar-refractivity contribution in [3.63, 3.8) is 0 Å². The molecule has 2 aromatic carbocycles. The third kappa shape index (κ3) is 4.41. The second kappa shape index (κ2) is 7.47. The molecule has 0 aromatic heterocycles. The van der Waals surface area contributed by atoms with E-state index in [4.69, 9.17) is 4.74 Å². The van der Waals surface area contributed by atoms with Gasteiger partial charge >= 0.3 is 0 Å². The Morgan fingerprint density at radius 2 is 1.93 bits per heavy atom. The lowest BCUT2D eigenvalue weighted by Crippen LogP contribution is -2.38. The zero-order valence-corrected chi connectivity index (χ0v) is 17.0. The predicted octanol–water partition coefficient (Wildman–Crippen LogP) is 4.13. The summed E-state index contributed by atoms with van der Waals surface area (Å²) in [6.07, 6.45) is -0.329. The van der Waals surface area contributed by atoms with Gasteiger partial charge in [0.25, 0.3) is 15.9 Å². The van der Waals surface area contributed by atoms with Gasteiger partial charge in [-0.1, -0.05) is 29.8 Å². The highest BCUT2D eigenvalue weighted by Gasteiger charge is 2.33. The first-order valence-corrected chi connectivity index (χ1v) is 10.5. The van der Waals surface area contributed by atoms with Crippen LogP contribution in [0.15, 0.2) is 45.8 Å². The lowest BCUT2D eigenvalue weighted by Gasteiger charge is -2.28. The van der Waals surface area contributed by atoms with Gasteiger partial charge in [-0.25, -0.2) is 12.8 Å². The number of hydrogen-bond acceptors (Lipinski definition) is 4. The van der Waals surface area contributed by atoms with Gasteiger partial charge in [0.2, 0.25) is 0 Å². The molecule has 0 spiro atoms. The summed E-state index contributed by atoms with van der Waals surface area (Å²) in [7, 11) is -4.04. The molecule has 1 heterocycles. The molecule has 0 saturated carbocycles. The van der Waals surface area contributed by atoms with Gasteiger partial charge in [0.1, 0.15) is 10.7 Å². The van der Waals surface area contributed by atoms with Crippen molar-refractivity contribution in [1.82, 2.24) is 0 Å². The minimum atomic E-state index is -4.04. The lowest BCUT2D eigenvalue weighted by molar-refractivity contribution is -0.124. The second-order valence-electron chi connectivity index (χ2n) is 6.62. The van der Waals surface area contributed by atoms with E-state index in [0.29, 0.717) is 10.9 Å². The first-order chi connectivity index (χ1) is 12.7.